The highest BCUT2D eigenvalue weighted by Gasteiger charge is 2.09. The highest BCUT2D eigenvalue weighted by Crippen LogP contribution is 2.22. The molecule has 0 aliphatic rings. The summed E-state index contributed by atoms with van der Waals surface area (Å²) in [6, 6.07) is 9.24. The van der Waals surface area contributed by atoms with Crippen molar-refractivity contribution < 1.29 is 0 Å². The molecule has 16 heavy (non-hydrogen) atoms. The molecule has 0 bridgehead atoms. The molecular weight excluding hydrogens is 202 g/mol. The van der Waals surface area contributed by atoms with Crippen molar-refractivity contribution in [1.82, 2.24) is 15.2 Å². The molecular formula is C12H9N3O. The number of fused-ring (bicyclic) bond motifs is 1. The molecule has 0 amide bonds. The zero-order valence-electron chi connectivity index (χ0n) is 8.40. The van der Waals surface area contributed by atoms with Gasteiger partial charge in [0.25, 0.3) is 0 Å². The first-order chi connectivity index (χ1) is 7.86. The lowest BCUT2D eigenvalue weighted by Crippen LogP contribution is -2.02. The molecule has 0 spiro atoms. The predicted molar refractivity (Wildman–Crippen MR) is 62.2 cm³/mol. The average molecular weight is 211 g/mol. The van der Waals surface area contributed by atoms with E-state index in [0.29, 0.717) is 11.3 Å². The summed E-state index contributed by atoms with van der Waals surface area (Å²) < 4.78 is 0. The van der Waals surface area contributed by atoms with Gasteiger partial charge in [0.15, 0.2) is 5.43 Å². The van der Waals surface area contributed by atoms with Crippen LogP contribution in [-0.2, 0) is 0 Å². The van der Waals surface area contributed by atoms with Crippen LogP contribution in [0.25, 0.3) is 22.2 Å². The van der Waals surface area contributed by atoms with E-state index in [-0.39, 0.29) is 5.43 Å². The second kappa shape index (κ2) is 3.34. The third kappa shape index (κ3) is 1.24. The molecule has 0 fully saturated rings. The molecule has 3 aromatic rings. The average Bonchev–Trinajstić information content (AvgIpc) is 2.74. The van der Waals surface area contributed by atoms with E-state index in [1.54, 1.807) is 12.4 Å². The Bertz CT molecular complexity index is 696. The van der Waals surface area contributed by atoms with Crippen LogP contribution in [0.3, 0.4) is 0 Å². The van der Waals surface area contributed by atoms with Crippen LogP contribution in [0.5, 0.6) is 0 Å². The van der Waals surface area contributed by atoms with Crippen molar-refractivity contribution in [2.45, 2.75) is 0 Å². The van der Waals surface area contributed by atoms with Gasteiger partial charge in [0.2, 0.25) is 0 Å². The first kappa shape index (κ1) is 8.91. The van der Waals surface area contributed by atoms with Gasteiger partial charge in [-0.05, 0) is 6.07 Å². The Morgan fingerprint density at radius 3 is 2.88 bits per heavy atom. The van der Waals surface area contributed by atoms with Crippen molar-refractivity contribution in [3.63, 3.8) is 0 Å². The van der Waals surface area contributed by atoms with Crippen molar-refractivity contribution in [1.29, 1.82) is 0 Å². The second-order valence-corrected chi connectivity index (χ2v) is 3.54. The summed E-state index contributed by atoms with van der Waals surface area (Å²) in [4.78, 5) is 14.6. The number of pyridine rings is 1. The SMILES string of the molecule is O=c1cc[nH]cc1-c1n[nH]c2ccccc12. The Labute approximate surface area is 90.9 Å². The molecule has 0 aliphatic carbocycles. The third-order valence-electron chi connectivity index (χ3n) is 2.55. The Kier molecular flexibility index (Phi) is 1.86. The van der Waals surface area contributed by atoms with Crippen LogP contribution in [0.4, 0.5) is 0 Å². The van der Waals surface area contributed by atoms with E-state index in [1.807, 2.05) is 24.3 Å². The predicted octanol–water partition coefficient (Wildman–Crippen LogP) is 1.92. The van der Waals surface area contributed by atoms with E-state index in [2.05, 4.69) is 15.2 Å². The topological polar surface area (TPSA) is 61.5 Å². The van der Waals surface area contributed by atoms with Gasteiger partial charge in [-0.2, -0.15) is 5.10 Å². The van der Waals surface area contributed by atoms with Crippen molar-refractivity contribution in [2.75, 3.05) is 0 Å². The number of aromatic amines is 2. The zero-order valence-corrected chi connectivity index (χ0v) is 8.40. The van der Waals surface area contributed by atoms with Crippen LogP contribution in [-0.4, -0.2) is 15.2 Å². The minimum Gasteiger partial charge on any atom is -0.367 e. The van der Waals surface area contributed by atoms with E-state index in [0.717, 1.165) is 10.9 Å². The van der Waals surface area contributed by atoms with Crippen LogP contribution in [0.15, 0.2) is 47.5 Å². The normalized spacial score (nSPS) is 10.8. The minimum atomic E-state index is -0.0315. The molecule has 2 N–H and O–H groups in total. The molecule has 0 radical (unpaired) electrons. The van der Waals surface area contributed by atoms with Gasteiger partial charge >= 0.3 is 0 Å². The van der Waals surface area contributed by atoms with E-state index in [9.17, 15) is 4.79 Å². The highest BCUT2D eigenvalue weighted by atomic mass is 16.1. The Balaban J connectivity index is 2.35. The lowest BCUT2D eigenvalue weighted by Gasteiger charge is -1.95. The summed E-state index contributed by atoms with van der Waals surface area (Å²) in [5.41, 5.74) is 2.18. The number of para-hydroxylation sites is 1. The molecule has 78 valence electrons. The van der Waals surface area contributed by atoms with Crippen LogP contribution < -0.4 is 5.43 Å². The standard InChI is InChI=1S/C12H9N3O/c16-11-5-6-13-7-9(11)12-8-3-1-2-4-10(8)14-15-12/h1-7H,(H,13,16)(H,14,15). The molecule has 2 aromatic heterocycles. The smallest absolute Gasteiger partial charge is 0.191 e. The molecule has 3 rings (SSSR count). The molecule has 1 aromatic carbocycles. The molecule has 0 saturated carbocycles. The largest absolute Gasteiger partial charge is 0.367 e. The summed E-state index contributed by atoms with van der Waals surface area (Å²) in [5, 5.41) is 8.05. The van der Waals surface area contributed by atoms with Crippen molar-refractivity contribution in [2.24, 2.45) is 0 Å². The lowest BCUT2D eigenvalue weighted by molar-refractivity contribution is 1.12. The summed E-state index contributed by atoms with van der Waals surface area (Å²) in [6.07, 6.45) is 3.28. The van der Waals surface area contributed by atoms with Crippen LogP contribution in [0.1, 0.15) is 0 Å². The fourth-order valence-electron chi connectivity index (χ4n) is 1.77. The maximum absolute atomic E-state index is 11.7. The molecule has 2 heterocycles. The number of hydrogen-bond acceptors (Lipinski definition) is 2. The molecule has 0 unspecified atom stereocenters. The summed E-state index contributed by atoms with van der Waals surface area (Å²) in [7, 11) is 0. The van der Waals surface area contributed by atoms with Gasteiger partial charge in [-0.1, -0.05) is 18.2 Å². The van der Waals surface area contributed by atoms with Crippen molar-refractivity contribution in [3.05, 3.63) is 52.9 Å². The maximum atomic E-state index is 11.7. The fourth-order valence-corrected chi connectivity index (χ4v) is 1.77. The monoisotopic (exact) mass is 211 g/mol. The van der Waals surface area contributed by atoms with Gasteiger partial charge in [-0.25, -0.2) is 0 Å². The van der Waals surface area contributed by atoms with Gasteiger partial charge in [0.05, 0.1) is 11.1 Å². The van der Waals surface area contributed by atoms with Gasteiger partial charge in [-0.15, -0.1) is 0 Å². The number of hydrogen-bond donors (Lipinski definition) is 2. The Morgan fingerprint density at radius 2 is 2.00 bits per heavy atom. The maximum Gasteiger partial charge on any atom is 0.191 e. The Morgan fingerprint density at radius 1 is 1.12 bits per heavy atom. The number of aromatic nitrogens is 3. The van der Waals surface area contributed by atoms with Crippen LogP contribution in [0, 0.1) is 0 Å². The zero-order chi connectivity index (χ0) is 11.0. The first-order valence-electron chi connectivity index (χ1n) is 4.97. The van der Waals surface area contributed by atoms with Gasteiger partial charge in [0.1, 0.15) is 5.69 Å². The fraction of sp³-hybridized carbons (Fsp3) is 0. The quantitative estimate of drug-likeness (QED) is 0.646. The highest BCUT2D eigenvalue weighted by molar-refractivity contribution is 5.92. The number of benzene rings is 1. The molecule has 4 nitrogen and oxygen atoms in total. The van der Waals surface area contributed by atoms with Crippen LogP contribution >= 0.6 is 0 Å². The molecule has 0 atom stereocenters. The van der Waals surface area contributed by atoms with E-state index in [1.165, 1.54) is 6.07 Å². The molecule has 0 aliphatic heterocycles. The number of nitrogens with zero attached hydrogens (tertiary/aromatic N) is 1. The number of nitrogens with one attached hydrogen (secondary N) is 2. The van der Waals surface area contributed by atoms with Crippen LogP contribution in [0.2, 0.25) is 0 Å². The third-order valence-corrected chi connectivity index (χ3v) is 2.55. The summed E-state index contributed by atoms with van der Waals surface area (Å²) >= 11 is 0. The molecule has 0 saturated heterocycles. The van der Waals surface area contributed by atoms with E-state index in [4.69, 9.17) is 0 Å². The number of H-pyrrole nitrogens is 2. The van der Waals surface area contributed by atoms with E-state index < -0.39 is 0 Å². The minimum absolute atomic E-state index is 0.0315. The second-order valence-electron chi connectivity index (χ2n) is 3.54. The van der Waals surface area contributed by atoms with Crippen molar-refractivity contribution >= 4 is 10.9 Å². The summed E-state index contributed by atoms with van der Waals surface area (Å²) in [6.45, 7) is 0. The lowest BCUT2D eigenvalue weighted by atomic mass is 10.1. The summed E-state index contributed by atoms with van der Waals surface area (Å²) in [5.74, 6) is 0. The first-order valence-corrected chi connectivity index (χ1v) is 4.97. The van der Waals surface area contributed by atoms with E-state index >= 15 is 0 Å². The Hall–Kier alpha value is -2.36. The van der Waals surface area contributed by atoms with Gasteiger partial charge in [0, 0.05) is 23.8 Å². The molecule has 4 heteroatoms. The van der Waals surface area contributed by atoms with Crippen molar-refractivity contribution in [3.8, 4) is 11.3 Å². The number of rotatable bonds is 1. The van der Waals surface area contributed by atoms with Gasteiger partial charge in [-0.3, -0.25) is 9.89 Å². The van der Waals surface area contributed by atoms with Gasteiger partial charge < -0.3 is 4.98 Å².